The van der Waals surface area contributed by atoms with Crippen LogP contribution in [0.4, 0.5) is 0 Å². The summed E-state index contributed by atoms with van der Waals surface area (Å²) in [5.41, 5.74) is -6.17. The van der Waals surface area contributed by atoms with Crippen molar-refractivity contribution < 1.29 is 41.1 Å². The normalized spacial score (nSPS) is 20.4. The van der Waals surface area contributed by atoms with Gasteiger partial charge in [0.05, 0.1) is 63.2 Å². The number of hydrogen-bond donors (Lipinski definition) is 0. The summed E-state index contributed by atoms with van der Waals surface area (Å²) < 4.78 is 273. The molecule has 0 aliphatic heterocycles. The van der Waals surface area contributed by atoms with Crippen molar-refractivity contribution in [3.63, 3.8) is 0 Å². The van der Waals surface area contributed by atoms with Crippen LogP contribution in [0.25, 0.3) is 98.4 Å². The van der Waals surface area contributed by atoms with Gasteiger partial charge in [0.25, 0.3) is 0 Å². The van der Waals surface area contributed by atoms with Gasteiger partial charge in [0.2, 0.25) is 0 Å². The lowest BCUT2D eigenvalue weighted by Crippen LogP contribution is -1.96. The second kappa shape index (κ2) is 10.4. The van der Waals surface area contributed by atoms with E-state index in [4.69, 9.17) is 24.7 Å². The Morgan fingerprint density at radius 2 is 0.680 bits per heavy atom. The maximum atomic E-state index is 9.94. The molecular formula is C48H30N2. The number of hydrogen-bond acceptors (Lipinski definition) is 0. The van der Waals surface area contributed by atoms with Crippen LogP contribution in [0.15, 0.2) is 181 Å². The van der Waals surface area contributed by atoms with Gasteiger partial charge in [0.1, 0.15) is 0 Å². The van der Waals surface area contributed by atoms with Crippen molar-refractivity contribution in [2.24, 2.45) is 0 Å². The smallest absolute Gasteiger partial charge is 0.0652 e. The SMILES string of the molecule is [2H]c1c([2H])c(-c2c([2H])c([2H])c3c4c([2H])c([2H])c([2H])c([2H])c4c4c([2H])c([2H])c([2H])c([2H])c4c3c2[2H])c([2H])c(-n2c3c([2H])c([2H])c([2H])c([2H])c3c3c([2H])c(-n4c5c([2H])c([2H])c([2H])c([2H])c5c5c([2H])c([2H])c([2H])c([2H])c54)c([2H])c([2H])c32)c1[2H]. The highest BCUT2D eigenvalue weighted by Gasteiger charge is 2.17. The lowest BCUT2D eigenvalue weighted by atomic mass is 9.92. The average molecular weight is 665 g/mol. The third-order valence-electron chi connectivity index (χ3n) is 8.42. The van der Waals surface area contributed by atoms with Crippen molar-refractivity contribution in [2.75, 3.05) is 0 Å². The molecular weight excluding hydrogens is 605 g/mol. The third kappa shape index (κ3) is 3.85. The lowest BCUT2D eigenvalue weighted by molar-refractivity contribution is 1.17. The molecule has 0 aliphatic carbocycles. The standard InChI is InChI=1S/C48H30N2/c1-2-16-37-35(14-1)36-15-3-4-17-38(36)43-29-32(24-26-39(37)43)31-12-11-13-33(28-31)49-47-23-10-7-20-42(47)44-30-34(25-27-48(44)49)50-45-21-8-5-18-40(45)41-19-6-9-22-46(41)50/h1-30H/i1D,2D,3D,4D,5D,6D,7D,8D,9D,10D,11D,12D,13D,14D,15D,16D,17D,18D,19D,20D,21D,22D,23D,24D,25D,26D,27D,28D,29D,30D. The zero-order chi connectivity index (χ0) is 58.9. The maximum Gasteiger partial charge on any atom is 0.0652 e. The zero-order valence-electron chi connectivity index (χ0n) is 54.9. The summed E-state index contributed by atoms with van der Waals surface area (Å²) in [5, 5.41) is -5.56. The van der Waals surface area contributed by atoms with Crippen molar-refractivity contribution in [3.05, 3.63) is 181 Å². The summed E-state index contributed by atoms with van der Waals surface area (Å²) >= 11 is 0. The van der Waals surface area contributed by atoms with E-state index in [1.54, 1.807) is 0 Å². The highest BCUT2D eigenvalue weighted by molar-refractivity contribution is 6.25. The average Bonchev–Trinajstić information content (AvgIpc) is 4.16. The second-order valence-electron chi connectivity index (χ2n) is 11.0. The summed E-state index contributed by atoms with van der Waals surface area (Å²) in [7, 11) is 0. The van der Waals surface area contributed by atoms with Gasteiger partial charge >= 0.3 is 0 Å². The van der Waals surface area contributed by atoms with Gasteiger partial charge in [-0.05, 0) is 97.8 Å². The molecule has 2 aromatic heterocycles. The van der Waals surface area contributed by atoms with Crippen molar-refractivity contribution in [2.45, 2.75) is 0 Å². The summed E-state index contributed by atoms with van der Waals surface area (Å²) in [5.74, 6) is 0. The third-order valence-corrected chi connectivity index (χ3v) is 8.42. The van der Waals surface area contributed by atoms with E-state index >= 15 is 0 Å². The minimum absolute atomic E-state index is 0.477. The fraction of sp³-hybridized carbons (Fsp3) is 0. The van der Waals surface area contributed by atoms with E-state index < -0.39 is 280 Å². The van der Waals surface area contributed by atoms with Gasteiger partial charge < -0.3 is 9.13 Å². The van der Waals surface area contributed by atoms with Crippen LogP contribution in [-0.4, -0.2) is 9.13 Å². The van der Waals surface area contributed by atoms with Gasteiger partial charge in [0, 0.05) is 32.9 Å². The molecule has 0 N–H and O–H groups in total. The molecule has 2 nitrogen and oxygen atoms in total. The van der Waals surface area contributed by atoms with Crippen LogP contribution in [0.3, 0.4) is 0 Å². The van der Waals surface area contributed by atoms with Crippen LogP contribution < -0.4 is 0 Å². The molecule has 2 heteroatoms. The molecule has 0 amide bonds. The van der Waals surface area contributed by atoms with Gasteiger partial charge in [0.15, 0.2) is 0 Å². The molecule has 0 spiro atoms. The van der Waals surface area contributed by atoms with E-state index in [9.17, 15) is 16.4 Å². The molecule has 0 radical (unpaired) electrons. The Kier molecular flexibility index (Phi) is 2.34. The molecule has 0 fully saturated rings. The molecule has 0 unspecified atom stereocenters. The van der Waals surface area contributed by atoms with Crippen molar-refractivity contribution >= 4 is 75.9 Å². The monoisotopic (exact) mass is 664 g/mol. The van der Waals surface area contributed by atoms with E-state index in [1.807, 2.05) is 0 Å². The van der Waals surface area contributed by atoms with E-state index in [-0.39, 0.29) is 0 Å². The minimum atomic E-state index is -1.12. The molecule has 11 aromatic rings. The summed E-state index contributed by atoms with van der Waals surface area (Å²) in [6, 6.07) is -27.6. The molecule has 0 saturated heterocycles. The molecule has 0 aliphatic rings. The Morgan fingerprint density at radius 3 is 1.26 bits per heavy atom. The molecule has 0 saturated carbocycles. The van der Waals surface area contributed by atoms with Crippen LogP contribution in [0.1, 0.15) is 41.1 Å². The van der Waals surface area contributed by atoms with Gasteiger partial charge in [-0.25, -0.2) is 0 Å². The first-order valence-corrected chi connectivity index (χ1v) is 14.8. The van der Waals surface area contributed by atoms with Gasteiger partial charge in [-0.1, -0.05) is 127 Å². The van der Waals surface area contributed by atoms with Crippen LogP contribution in [0, 0.1) is 0 Å². The Labute approximate surface area is 330 Å². The van der Waals surface area contributed by atoms with Crippen LogP contribution in [0.5, 0.6) is 0 Å². The predicted molar refractivity (Wildman–Crippen MR) is 213 cm³/mol. The highest BCUT2D eigenvalue weighted by Crippen LogP contribution is 2.39. The first-order chi connectivity index (χ1) is 37.3. The van der Waals surface area contributed by atoms with E-state index in [2.05, 4.69) is 0 Å². The number of fused-ring (bicyclic) bond motifs is 12. The van der Waals surface area contributed by atoms with Crippen molar-refractivity contribution in [1.82, 2.24) is 9.13 Å². The van der Waals surface area contributed by atoms with Gasteiger partial charge in [-0.3, -0.25) is 0 Å². The first kappa shape index (κ1) is 11.2. The number of benzene rings is 9. The highest BCUT2D eigenvalue weighted by atomic mass is 15.0. The molecule has 0 atom stereocenters. The zero-order valence-corrected chi connectivity index (χ0v) is 24.9. The van der Waals surface area contributed by atoms with Crippen LogP contribution in [0.2, 0.25) is 0 Å². The van der Waals surface area contributed by atoms with Crippen LogP contribution >= 0.6 is 0 Å². The Hall–Kier alpha value is -6.64. The molecule has 232 valence electrons. The van der Waals surface area contributed by atoms with E-state index in [0.717, 1.165) is 4.57 Å². The van der Waals surface area contributed by atoms with Crippen molar-refractivity contribution in [3.8, 4) is 22.5 Å². The first-order valence-electron chi connectivity index (χ1n) is 29.8. The molecule has 50 heavy (non-hydrogen) atoms. The number of nitrogens with zero attached hydrogens (tertiary/aromatic N) is 2. The van der Waals surface area contributed by atoms with E-state index in [0.29, 0.717) is 4.57 Å². The second-order valence-corrected chi connectivity index (χ2v) is 11.0. The minimum Gasteiger partial charge on any atom is -0.309 e. The summed E-state index contributed by atoms with van der Waals surface area (Å²) in [6.07, 6.45) is 0. The van der Waals surface area contributed by atoms with Crippen molar-refractivity contribution in [1.29, 1.82) is 0 Å². The van der Waals surface area contributed by atoms with Crippen LogP contribution in [-0.2, 0) is 0 Å². The Morgan fingerprint density at radius 1 is 0.260 bits per heavy atom. The van der Waals surface area contributed by atoms with E-state index in [1.165, 1.54) is 0 Å². The maximum absolute atomic E-state index is 9.94. The fourth-order valence-corrected chi connectivity index (χ4v) is 6.34. The largest absolute Gasteiger partial charge is 0.309 e. The topological polar surface area (TPSA) is 9.86 Å². The summed E-state index contributed by atoms with van der Waals surface area (Å²) in [4.78, 5) is 0. The number of para-hydroxylation sites is 3. The van der Waals surface area contributed by atoms with Gasteiger partial charge in [-0.2, -0.15) is 0 Å². The molecule has 11 rings (SSSR count). The molecule has 0 bridgehead atoms. The Bertz CT molecular complexity index is 4760. The fourth-order valence-electron chi connectivity index (χ4n) is 6.34. The lowest BCUT2D eigenvalue weighted by Gasteiger charge is -2.13. The number of rotatable bonds is 3. The predicted octanol–water partition coefficient (Wildman–Crippen LogP) is 13.0. The Balaban J connectivity index is 1.36. The molecule has 2 heterocycles. The molecule has 9 aromatic carbocycles. The van der Waals surface area contributed by atoms with Gasteiger partial charge in [-0.15, -0.1) is 0 Å². The number of aromatic nitrogens is 2. The quantitative estimate of drug-likeness (QED) is 0.166. The summed E-state index contributed by atoms with van der Waals surface area (Å²) in [6.45, 7) is 0.